The standard InChI is InChI=1S/C22H16O5/c1-12-2-7-19-18(8-12)20(14-9-16(24)11-17(25)10-14)21(22(26)27-19)13-3-5-15(23)6-4-13/h2-11,23-25H,1H3. The highest BCUT2D eigenvalue weighted by atomic mass is 16.4. The zero-order valence-electron chi connectivity index (χ0n) is 14.4. The minimum Gasteiger partial charge on any atom is -0.508 e. The summed E-state index contributed by atoms with van der Waals surface area (Å²) in [5.41, 5.74) is 2.71. The van der Waals surface area contributed by atoms with Gasteiger partial charge in [0.15, 0.2) is 0 Å². The number of rotatable bonds is 2. The molecule has 27 heavy (non-hydrogen) atoms. The van der Waals surface area contributed by atoms with E-state index in [4.69, 9.17) is 4.42 Å². The average molecular weight is 360 g/mol. The highest BCUT2D eigenvalue weighted by Gasteiger charge is 2.19. The number of hydrogen-bond donors (Lipinski definition) is 3. The Labute approximate surface area is 154 Å². The zero-order chi connectivity index (χ0) is 19.1. The van der Waals surface area contributed by atoms with E-state index < -0.39 is 5.63 Å². The molecule has 134 valence electrons. The summed E-state index contributed by atoms with van der Waals surface area (Å²) in [6.45, 7) is 1.93. The number of hydrogen-bond acceptors (Lipinski definition) is 5. The van der Waals surface area contributed by atoms with E-state index in [0.717, 1.165) is 5.56 Å². The zero-order valence-corrected chi connectivity index (χ0v) is 14.4. The molecule has 3 aromatic carbocycles. The summed E-state index contributed by atoms with van der Waals surface area (Å²) in [4.78, 5) is 12.8. The average Bonchev–Trinajstić information content (AvgIpc) is 2.61. The van der Waals surface area contributed by atoms with Gasteiger partial charge in [-0.15, -0.1) is 0 Å². The molecule has 0 aliphatic carbocycles. The Morgan fingerprint density at radius 1 is 0.704 bits per heavy atom. The smallest absolute Gasteiger partial charge is 0.344 e. The molecule has 1 aromatic heterocycles. The van der Waals surface area contributed by atoms with Crippen LogP contribution in [0, 0.1) is 6.92 Å². The number of fused-ring (bicyclic) bond motifs is 1. The van der Waals surface area contributed by atoms with Crippen molar-refractivity contribution in [2.24, 2.45) is 0 Å². The van der Waals surface area contributed by atoms with E-state index in [1.807, 2.05) is 19.1 Å². The van der Waals surface area contributed by atoms with Crippen LogP contribution in [-0.2, 0) is 0 Å². The number of phenolic OH excluding ortho intramolecular Hbond substituents is 3. The van der Waals surface area contributed by atoms with Gasteiger partial charge in [-0.25, -0.2) is 4.79 Å². The number of benzene rings is 3. The van der Waals surface area contributed by atoms with Crippen molar-refractivity contribution in [1.82, 2.24) is 0 Å². The van der Waals surface area contributed by atoms with Crippen LogP contribution < -0.4 is 5.63 Å². The lowest BCUT2D eigenvalue weighted by atomic mass is 9.92. The fraction of sp³-hybridized carbons (Fsp3) is 0.0455. The molecule has 0 aliphatic heterocycles. The summed E-state index contributed by atoms with van der Waals surface area (Å²) >= 11 is 0. The molecular formula is C22H16O5. The van der Waals surface area contributed by atoms with E-state index in [9.17, 15) is 20.1 Å². The van der Waals surface area contributed by atoms with E-state index >= 15 is 0 Å². The minimum atomic E-state index is -0.546. The first-order chi connectivity index (χ1) is 12.9. The molecule has 0 bridgehead atoms. The molecule has 4 aromatic rings. The first-order valence-corrected chi connectivity index (χ1v) is 8.32. The fourth-order valence-electron chi connectivity index (χ4n) is 3.25. The molecule has 0 radical (unpaired) electrons. The van der Waals surface area contributed by atoms with Crippen LogP contribution in [0.1, 0.15) is 5.56 Å². The third-order valence-corrected chi connectivity index (χ3v) is 4.41. The Bertz CT molecular complexity index is 1200. The maximum Gasteiger partial charge on any atom is 0.344 e. The van der Waals surface area contributed by atoms with Gasteiger partial charge in [0.2, 0.25) is 0 Å². The molecule has 5 nitrogen and oxygen atoms in total. The topological polar surface area (TPSA) is 90.9 Å². The van der Waals surface area contributed by atoms with Crippen LogP contribution in [0.5, 0.6) is 17.2 Å². The summed E-state index contributed by atoms with van der Waals surface area (Å²) in [7, 11) is 0. The van der Waals surface area contributed by atoms with Gasteiger partial charge in [-0.1, -0.05) is 23.8 Å². The molecule has 0 spiro atoms. The molecule has 4 rings (SSSR count). The van der Waals surface area contributed by atoms with E-state index in [1.54, 1.807) is 18.2 Å². The van der Waals surface area contributed by atoms with Crippen LogP contribution in [0.4, 0.5) is 0 Å². The molecule has 0 fully saturated rings. The van der Waals surface area contributed by atoms with Crippen LogP contribution >= 0.6 is 0 Å². The maximum atomic E-state index is 12.8. The molecule has 0 atom stereocenters. The Morgan fingerprint density at radius 3 is 2.04 bits per heavy atom. The predicted octanol–water partition coefficient (Wildman–Crippen LogP) is 4.55. The number of phenols is 3. The summed E-state index contributed by atoms with van der Waals surface area (Å²) in [6.07, 6.45) is 0. The minimum absolute atomic E-state index is 0.0799. The van der Waals surface area contributed by atoms with E-state index in [2.05, 4.69) is 0 Å². The van der Waals surface area contributed by atoms with Crippen molar-refractivity contribution in [2.45, 2.75) is 6.92 Å². The van der Waals surface area contributed by atoms with Crippen molar-refractivity contribution >= 4 is 11.0 Å². The van der Waals surface area contributed by atoms with Crippen LogP contribution in [-0.4, -0.2) is 15.3 Å². The molecule has 1 heterocycles. The Balaban J connectivity index is 2.18. The van der Waals surface area contributed by atoms with Crippen LogP contribution in [0.3, 0.4) is 0 Å². The largest absolute Gasteiger partial charge is 0.508 e. The molecule has 0 aliphatic rings. The normalized spacial score (nSPS) is 11.0. The first kappa shape index (κ1) is 16.7. The molecule has 5 heteroatoms. The second-order valence-corrected chi connectivity index (χ2v) is 6.42. The van der Waals surface area contributed by atoms with Gasteiger partial charge in [0.1, 0.15) is 22.8 Å². The first-order valence-electron chi connectivity index (χ1n) is 8.32. The lowest BCUT2D eigenvalue weighted by Gasteiger charge is -2.13. The third kappa shape index (κ3) is 3.00. The molecule has 0 unspecified atom stereocenters. The van der Waals surface area contributed by atoms with Gasteiger partial charge in [0, 0.05) is 17.0 Å². The van der Waals surface area contributed by atoms with E-state index in [0.29, 0.717) is 27.7 Å². The Morgan fingerprint density at radius 2 is 1.37 bits per heavy atom. The fourth-order valence-corrected chi connectivity index (χ4v) is 3.25. The third-order valence-electron chi connectivity index (χ3n) is 4.41. The van der Waals surface area contributed by atoms with Gasteiger partial charge in [0.25, 0.3) is 0 Å². The van der Waals surface area contributed by atoms with Crippen molar-refractivity contribution in [3.8, 4) is 39.5 Å². The quantitative estimate of drug-likeness (QED) is 0.456. The Hall–Kier alpha value is -3.73. The predicted molar refractivity (Wildman–Crippen MR) is 103 cm³/mol. The molecule has 3 N–H and O–H groups in total. The van der Waals surface area contributed by atoms with Crippen LogP contribution in [0.15, 0.2) is 69.9 Å². The van der Waals surface area contributed by atoms with E-state index in [1.165, 1.54) is 30.3 Å². The van der Waals surface area contributed by atoms with Gasteiger partial charge >= 0.3 is 5.63 Å². The van der Waals surface area contributed by atoms with Crippen molar-refractivity contribution in [3.05, 3.63) is 76.6 Å². The lowest BCUT2D eigenvalue weighted by Crippen LogP contribution is -2.06. The van der Waals surface area contributed by atoms with Crippen molar-refractivity contribution in [3.63, 3.8) is 0 Å². The number of aromatic hydroxyl groups is 3. The van der Waals surface area contributed by atoms with Crippen LogP contribution in [0.25, 0.3) is 33.2 Å². The van der Waals surface area contributed by atoms with Crippen LogP contribution in [0.2, 0.25) is 0 Å². The maximum absolute atomic E-state index is 12.8. The van der Waals surface area contributed by atoms with Crippen molar-refractivity contribution < 1.29 is 19.7 Å². The Kier molecular flexibility index (Phi) is 3.85. The van der Waals surface area contributed by atoms with Gasteiger partial charge < -0.3 is 19.7 Å². The molecule has 0 amide bonds. The highest BCUT2D eigenvalue weighted by Crippen LogP contribution is 2.39. The van der Waals surface area contributed by atoms with Gasteiger partial charge in [-0.3, -0.25) is 0 Å². The monoisotopic (exact) mass is 360 g/mol. The van der Waals surface area contributed by atoms with Gasteiger partial charge in [-0.05, 0) is 54.4 Å². The highest BCUT2D eigenvalue weighted by molar-refractivity contribution is 6.01. The van der Waals surface area contributed by atoms with E-state index in [-0.39, 0.29) is 22.8 Å². The summed E-state index contributed by atoms with van der Waals surface area (Å²) in [5, 5.41) is 30.2. The van der Waals surface area contributed by atoms with Gasteiger partial charge in [0.05, 0.1) is 5.56 Å². The summed E-state index contributed by atoms with van der Waals surface area (Å²) in [5.74, 6) is -0.150. The molecule has 0 saturated heterocycles. The lowest BCUT2D eigenvalue weighted by molar-refractivity contribution is 0.451. The second-order valence-electron chi connectivity index (χ2n) is 6.42. The van der Waals surface area contributed by atoms with Crippen molar-refractivity contribution in [2.75, 3.05) is 0 Å². The molecular weight excluding hydrogens is 344 g/mol. The summed E-state index contributed by atoms with van der Waals surface area (Å²) in [6, 6.07) is 15.9. The van der Waals surface area contributed by atoms with Crippen molar-refractivity contribution in [1.29, 1.82) is 0 Å². The SMILES string of the molecule is Cc1ccc2oc(=O)c(-c3ccc(O)cc3)c(-c3cc(O)cc(O)c3)c2c1. The van der Waals surface area contributed by atoms with Gasteiger partial charge in [-0.2, -0.15) is 0 Å². The second kappa shape index (κ2) is 6.21. The summed E-state index contributed by atoms with van der Waals surface area (Å²) < 4.78 is 5.51. The number of aryl methyl sites for hydroxylation is 1. The molecule has 0 saturated carbocycles.